The maximum Gasteiger partial charge on any atom is 0.263 e. The van der Waals surface area contributed by atoms with Crippen LogP contribution in [0, 0.1) is 5.92 Å². The Hall–Kier alpha value is -0.870. The molecule has 1 aromatic rings. The maximum atomic E-state index is 12.8. The molecular formula is C19H30N2OS. The van der Waals surface area contributed by atoms with Crippen molar-refractivity contribution >= 4 is 17.2 Å². The van der Waals surface area contributed by atoms with E-state index in [9.17, 15) is 4.79 Å². The Labute approximate surface area is 144 Å². The highest BCUT2D eigenvalue weighted by atomic mass is 32.1. The standard InChI is InChI=1S/C19H30N2OS/c1-2-20-14-15-9-11-21(12-10-15)19(22)18-13-16-7-5-3-4-6-8-17(16)23-18/h13,15,20H,2-12,14H2,1H3. The second-order valence-corrected chi connectivity index (χ2v) is 8.15. The van der Waals surface area contributed by atoms with Crippen LogP contribution < -0.4 is 5.32 Å². The SMILES string of the molecule is CCNCC1CCN(C(=O)c2cc3c(s2)CCCCCC3)CC1. The van der Waals surface area contributed by atoms with Crippen molar-refractivity contribution in [2.24, 2.45) is 5.92 Å². The lowest BCUT2D eigenvalue weighted by atomic mass is 9.96. The average molecular weight is 335 g/mol. The van der Waals surface area contributed by atoms with Crippen LogP contribution >= 0.6 is 11.3 Å². The van der Waals surface area contributed by atoms with Crippen LogP contribution in [0.1, 0.15) is 65.6 Å². The first kappa shape index (κ1) is 17.0. The lowest BCUT2D eigenvalue weighted by Gasteiger charge is -2.31. The number of amides is 1. The molecule has 1 aliphatic carbocycles. The van der Waals surface area contributed by atoms with Crippen LogP contribution in [-0.4, -0.2) is 37.0 Å². The number of hydrogen-bond donors (Lipinski definition) is 1. The van der Waals surface area contributed by atoms with Crippen molar-refractivity contribution in [3.05, 3.63) is 21.4 Å². The molecule has 1 saturated heterocycles. The summed E-state index contributed by atoms with van der Waals surface area (Å²) < 4.78 is 0. The lowest BCUT2D eigenvalue weighted by molar-refractivity contribution is 0.0695. The highest BCUT2D eigenvalue weighted by Crippen LogP contribution is 2.30. The normalized spacial score (nSPS) is 20.0. The van der Waals surface area contributed by atoms with E-state index < -0.39 is 0 Å². The summed E-state index contributed by atoms with van der Waals surface area (Å²) in [7, 11) is 0. The molecule has 1 amide bonds. The number of aryl methyl sites for hydroxylation is 2. The van der Waals surface area contributed by atoms with Gasteiger partial charge in [-0.15, -0.1) is 11.3 Å². The van der Waals surface area contributed by atoms with Gasteiger partial charge in [-0.05, 0) is 69.2 Å². The Bertz CT molecular complexity index is 492. The van der Waals surface area contributed by atoms with Crippen molar-refractivity contribution in [3.8, 4) is 0 Å². The Balaban J connectivity index is 1.59. The van der Waals surface area contributed by atoms with Crippen LogP contribution in [0.4, 0.5) is 0 Å². The molecule has 4 heteroatoms. The molecule has 1 fully saturated rings. The van der Waals surface area contributed by atoms with Crippen molar-refractivity contribution in [2.45, 2.75) is 58.3 Å². The number of thiophene rings is 1. The minimum Gasteiger partial charge on any atom is -0.338 e. The van der Waals surface area contributed by atoms with E-state index in [0.29, 0.717) is 0 Å². The van der Waals surface area contributed by atoms with E-state index in [1.807, 2.05) is 0 Å². The molecule has 0 unspecified atom stereocenters. The molecule has 1 aromatic heterocycles. The zero-order chi connectivity index (χ0) is 16.1. The highest BCUT2D eigenvalue weighted by Gasteiger charge is 2.25. The summed E-state index contributed by atoms with van der Waals surface area (Å²) >= 11 is 1.77. The summed E-state index contributed by atoms with van der Waals surface area (Å²) in [6.07, 6.45) is 9.90. The number of carbonyl (C=O) groups excluding carboxylic acids is 1. The number of fused-ring (bicyclic) bond motifs is 1. The number of carbonyl (C=O) groups is 1. The van der Waals surface area contributed by atoms with Crippen molar-refractivity contribution in [1.29, 1.82) is 0 Å². The molecule has 1 N–H and O–H groups in total. The topological polar surface area (TPSA) is 32.3 Å². The Morgan fingerprint density at radius 1 is 1.22 bits per heavy atom. The Morgan fingerprint density at radius 3 is 2.70 bits per heavy atom. The first-order chi connectivity index (χ1) is 11.3. The molecule has 0 aromatic carbocycles. The molecule has 23 heavy (non-hydrogen) atoms. The minimum absolute atomic E-state index is 0.281. The molecule has 2 aliphatic rings. The van der Waals surface area contributed by atoms with Gasteiger partial charge in [0, 0.05) is 18.0 Å². The van der Waals surface area contributed by atoms with Gasteiger partial charge >= 0.3 is 0 Å². The van der Waals surface area contributed by atoms with Crippen LogP contribution in [0.25, 0.3) is 0 Å². The van der Waals surface area contributed by atoms with Crippen LogP contribution in [0.2, 0.25) is 0 Å². The third-order valence-corrected chi connectivity index (χ3v) is 6.52. The van der Waals surface area contributed by atoms with E-state index in [0.717, 1.165) is 49.8 Å². The van der Waals surface area contributed by atoms with Gasteiger partial charge in [-0.25, -0.2) is 0 Å². The summed E-state index contributed by atoms with van der Waals surface area (Å²) in [6, 6.07) is 2.21. The number of piperidine rings is 1. The van der Waals surface area contributed by atoms with E-state index in [1.54, 1.807) is 11.3 Å². The van der Waals surface area contributed by atoms with Crippen molar-refractivity contribution in [2.75, 3.05) is 26.2 Å². The van der Waals surface area contributed by atoms with Crippen molar-refractivity contribution in [1.82, 2.24) is 10.2 Å². The second-order valence-electron chi connectivity index (χ2n) is 7.02. The Kier molecular flexibility index (Phi) is 6.12. The first-order valence-corrected chi connectivity index (χ1v) is 10.2. The van der Waals surface area contributed by atoms with Gasteiger partial charge in [0.25, 0.3) is 5.91 Å². The van der Waals surface area contributed by atoms with Gasteiger partial charge in [0.1, 0.15) is 0 Å². The van der Waals surface area contributed by atoms with Crippen LogP contribution in [-0.2, 0) is 12.8 Å². The van der Waals surface area contributed by atoms with E-state index in [2.05, 4.69) is 23.2 Å². The fraction of sp³-hybridized carbons (Fsp3) is 0.737. The van der Waals surface area contributed by atoms with Gasteiger partial charge in [-0.3, -0.25) is 4.79 Å². The fourth-order valence-electron chi connectivity index (χ4n) is 3.79. The molecule has 1 aliphatic heterocycles. The molecule has 0 saturated carbocycles. The van der Waals surface area contributed by atoms with Gasteiger partial charge in [-0.1, -0.05) is 19.8 Å². The zero-order valence-corrected chi connectivity index (χ0v) is 15.2. The number of nitrogens with zero attached hydrogens (tertiary/aromatic N) is 1. The molecule has 0 bridgehead atoms. The summed E-state index contributed by atoms with van der Waals surface area (Å²) in [4.78, 5) is 17.4. The van der Waals surface area contributed by atoms with Gasteiger partial charge in [0.05, 0.1) is 4.88 Å². The maximum absolute atomic E-state index is 12.8. The van der Waals surface area contributed by atoms with Gasteiger partial charge < -0.3 is 10.2 Å². The molecule has 0 radical (unpaired) electrons. The Morgan fingerprint density at radius 2 is 1.96 bits per heavy atom. The van der Waals surface area contributed by atoms with E-state index in [4.69, 9.17) is 0 Å². The van der Waals surface area contributed by atoms with Crippen molar-refractivity contribution in [3.63, 3.8) is 0 Å². The second kappa shape index (κ2) is 8.29. The van der Waals surface area contributed by atoms with Crippen LogP contribution in [0.5, 0.6) is 0 Å². The van der Waals surface area contributed by atoms with Gasteiger partial charge in [0.15, 0.2) is 0 Å². The first-order valence-electron chi connectivity index (χ1n) is 9.39. The predicted octanol–water partition coefficient (Wildman–Crippen LogP) is 3.87. The zero-order valence-electron chi connectivity index (χ0n) is 14.4. The highest BCUT2D eigenvalue weighted by molar-refractivity contribution is 7.14. The lowest BCUT2D eigenvalue weighted by Crippen LogP contribution is -2.40. The van der Waals surface area contributed by atoms with Gasteiger partial charge in [-0.2, -0.15) is 0 Å². The quantitative estimate of drug-likeness (QED) is 0.906. The summed E-state index contributed by atoms with van der Waals surface area (Å²) in [5.74, 6) is 1.02. The molecule has 3 rings (SSSR count). The van der Waals surface area contributed by atoms with E-state index in [-0.39, 0.29) is 5.91 Å². The van der Waals surface area contributed by atoms with Crippen LogP contribution in [0.15, 0.2) is 6.07 Å². The smallest absolute Gasteiger partial charge is 0.263 e. The number of hydrogen-bond acceptors (Lipinski definition) is 3. The monoisotopic (exact) mass is 334 g/mol. The summed E-state index contributed by atoms with van der Waals surface area (Å²) in [5, 5.41) is 3.44. The predicted molar refractivity (Wildman–Crippen MR) is 97.4 cm³/mol. The fourth-order valence-corrected chi connectivity index (χ4v) is 5.02. The molecule has 2 heterocycles. The number of nitrogens with one attached hydrogen (secondary N) is 1. The number of likely N-dealkylation sites (tertiary alicyclic amines) is 1. The van der Waals surface area contributed by atoms with E-state index >= 15 is 0 Å². The molecular weight excluding hydrogens is 304 g/mol. The third-order valence-electron chi connectivity index (χ3n) is 5.29. The molecule has 0 atom stereocenters. The third kappa shape index (κ3) is 4.36. The van der Waals surface area contributed by atoms with Gasteiger partial charge in [0.2, 0.25) is 0 Å². The summed E-state index contributed by atoms with van der Waals surface area (Å²) in [6.45, 7) is 6.16. The average Bonchev–Trinajstić information content (AvgIpc) is 2.95. The minimum atomic E-state index is 0.281. The molecule has 128 valence electrons. The van der Waals surface area contributed by atoms with Crippen LogP contribution in [0.3, 0.4) is 0 Å². The largest absolute Gasteiger partial charge is 0.338 e. The van der Waals surface area contributed by atoms with Crippen molar-refractivity contribution < 1.29 is 4.79 Å². The number of rotatable bonds is 4. The summed E-state index contributed by atoms with van der Waals surface area (Å²) in [5.41, 5.74) is 1.46. The molecule has 0 spiro atoms. The van der Waals surface area contributed by atoms with E-state index in [1.165, 1.54) is 49.0 Å². The molecule has 3 nitrogen and oxygen atoms in total.